The third kappa shape index (κ3) is 4.16. The number of hydrogen-bond donors (Lipinski definition) is 0. The zero-order chi connectivity index (χ0) is 21.4. The van der Waals surface area contributed by atoms with Crippen molar-refractivity contribution in [2.24, 2.45) is 11.8 Å². The summed E-state index contributed by atoms with van der Waals surface area (Å²) in [5.41, 5.74) is 2.44. The zero-order valence-electron chi connectivity index (χ0n) is 17.7. The van der Waals surface area contributed by atoms with Crippen LogP contribution < -0.4 is 4.90 Å². The van der Waals surface area contributed by atoms with Crippen LogP contribution in [0.25, 0.3) is 0 Å². The Morgan fingerprint density at radius 1 is 0.871 bits per heavy atom. The minimum atomic E-state index is -0.310. The third-order valence-electron chi connectivity index (χ3n) is 7.02. The molecule has 0 radical (unpaired) electrons. The van der Waals surface area contributed by atoms with Gasteiger partial charge in [0.2, 0.25) is 0 Å². The van der Waals surface area contributed by atoms with Crippen molar-refractivity contribution in [3.05, 3.63) is 65.5 Å². The summed E-state index contributed by atoms with van der Waals surface area (Å²) in [5, 5.41) is 0. The van der Waals surface area contributed by atoms with E-state index in [0.29, 0.717) is 37.2 Å². The van der Waals surface area contributed by atoms with Crippen molar-refractivity contribution in [1.29, 1.82) is 0 Å². The summed E-state index contributed by atoms with van der Waals surface area (Å²) < 4.78 is 13.2. The Hall–Kier alpha value is -2.89. The van der Waals surface area contributed by atoms with Crippen molar-refractivity contribution < 1.29 is 14.0 Å². The number of urea groups is 1. The fourth-order valence-electron chi connectivity index (χ4n) is 5.21. The number of halogens is 1. The van der Waals surface area contributed by atoms with Crippen LogP contribution in [-0.2, 0) is 6.54 Å². The monoisotopic (exact) mass is 421 g/mol. The number of carbonyl (C=O) groups excluding carboxylic acids is 2. The molecule has 0 spiro atoms. The first-order valence-corrected chi connectivity index (χ1v) is 11.3. The maximum absolute atomic E-state index is 13.2. The second-order valence-corrected chi connectivity index (χ2v) is 9.13. The van der Waals surface area contributed by atoms with Crippen molar-refractivity contribution in [2.45, 2.75) is 32.2 Å². The smallest absolute Gasteiger partial charge is 0.324 e. The second kappa shape index (κ2) is 8.33. The van der Waals surface area contributed by atoms with Crippen molar-refractivity contribution in [2.75, 3.05) is 31.1 Å². The molecule has 2 aromatic carbocycles. The molecule has 31 heavy (non-hydrogen) atoms. The highest BCUT2D eigenvalue weighted by atomic mass is 19.1. The van der Waals surface area contributed by atoms with Gasteiger partial charge in [0.1, 0.15) is 5.82 Å². The van der Waals surface area contributed by atoms with Crippen LogP contribution in [0.3, 0.4) is 0 Å². The SMILES string of the molecule is O=C(c1ccc(CN2CCN(c3ccc(F)cc3)C2=O)cc1)N1CC2CCC(CC2)C1. The molecular formula is C25H28FN3O2. The Kier molecular flexibility index (Phi) is 5.38. The van der Waals surface area contributed by atoms with Gasteiger partial charge in [0.15, 0.2) is 0 Å². The Morgan fingerprint density at radius 2 is 1.48 bits per heavy atom. The summed E-state index contributed by atoms with van der Waals surface area (Å²) in [6, 6.07) is 13.6. The van der Waals surface area contributed by atoms with E-state index in [4.69, 9.17) is 0 Å². The highest BCUT2D eigenvalue weighted by Gasteiger charge is 2.32. The molecule has 3 saturated heterocycles. The minimum absolute atomic E-state index is 0.0770. The minimum Gasteiger partial charge on any atom is -0.338 e. The van der Waals surface area contributed by atoms with Crippen molar-refractivity contribution in [3.63, 3.8) is 0 Å². The Morgan fingerprint density at radius 3 is 2.10 bits per heavy atom. The molecule has 6 rings (SSSR count). The molecule has 6 heteroatoms. The number of benzene rings is 2. The van der Waals surface area contributed by atoms with Crippen LogP contribution in [0.2, 0.25) is 0 Å². The van der Waals surface area contributed by atoms with E-state index in [2.05, 4.69) is 4.90 Å². The summed E-state index contributed by atoms with van der Waals surface area (Å²) in [6.07, 6.45) is 5.02. The number of amides is 3. The highest BCUT2D eigenvalue weighted by Crippen LogP contribution is 2.34. The Labute approximate surface area is 182 Å². The first kappa shape index (κ1) is 20.0. The van der Waals surface area contributed by atoms with Crippen LogP contribution in [0.1, 0.15) is 41.6 Å². The van der Waals surface area contributed by atoms with Crippen LogP contribution >= 0.6 is 0 Å². The van der Waals surface area contributed by atoms with Gasteiger partial charge in [-0.05, 0) is 79.5 Å². The Balaban J connectivity index is 1.22. The van der Waals surface area contributed by atoms with E-state index in [1.54, 1.807) is 21.9 Å². The van der Waals surface area contributed by atoms with Gasteiger partial charge >= 0.3 is 6.03 Å². The van der Waals surface area contributed by atoms with Gasteiger partial charge in [-0.3, -0.25) is 9.69 Å². The molecule has 0 atom stereocenters. The predicted octanol–water partition coefficient (Wildman–Crippen LogP) is 4.53. The number of carbonyl (C=O) groups is 2. The molecule has 2 bridgehead atoms. The van der Waals surface area contributed by atoms with Crippen molar-refractivity contribution in [3.8, 4) is 0 Å². The lowest BCUT2D eigenvalue weighted by molar-refractivity contribution is 0.0739. The molecule has 0 unspecified atom stereocenters. The number of nitrogens with zero attached hydrogens (tertiary/aromatic N) is 3. The molecule has 4 aliphatic rings. The average molecular weight is 422 g/mol. The van der Waals surface area contributed by atoms with E-state index in [1.807, 2.05) is 24.3 Å². The predicted molar refractivity (Wildman–Crippen MR) is 117 cm³/mol. The van der Waals surface area contributed by atoms with Crippen LogP contribution in [0.4, 0.5) is 14.9 Å². The maximum Gasteiger partial charge on any atom is 0.324 e. The first-order chi connectivity index (χ1) is 15.1. The molecule has 1 aliphatic carbocycles. The second-order valence-electron chi connectivity index (χ2n) is 9.13. The fraction of sp³-hybridized carbons (Fsp3) is 0.440. The lowest BCUT2D eigenvalue weighted by Crippen LogP contribution is -2.34. The van der Waals surface area contributed by atoms with E-state index in [-0.39, 0.29) is 17.8 Å². The molecule has 3 aliphatic heterocycles. The molecule has 3 heterocycles. The molecule has 1 saturated carbocycles. The van der Waals surface area contributed by atoms with Crippen LogP contribution in [0, 0.1) is 17.7 Å². The van der Waals surface area contributed by atoms with E-state index in [9.17, 15) is 14.0 Å². The zero-order valence-corrected chi connectivity index (χ0v) is 17.7. The fourth-order valence-corrected chi connectivity index (χ4v) is 5.21. The maximum atomic E-state index is 13.2. The number of anilines is 1. The van der Waals surface area contributed by atoms with Gasteiger partial charge in [0, 0.05) is 44.0 Å². The molecule has 5 nitrogen and oxygen atoms in total. The largest absolute Gasteiger partial charge is 0.338 e. The normalized spacial score (nSPS) is 23.4. The summed E-state index contributed by atoms with van der Waals surface area (Å²) in [5.74, 6) is 1.14. The van der Waals surface area contributed by atoms with Crippen molar-refractivity contribution in [1.82, 2.24) is 9.80 Å². The summed E-state index contributed by atoms with van der Waals surface area (Å²) in [4.78, 5) is 31.3. The van der Waals surface area contributed by atoms with E-state index in [0.717, 1.165) is 24.2 Å². The lowest BCUT2D eigenvalue weighted by Gasteiger charge is -2.23. The quantitative estimate of drug-likeness (QED) is 0.728. The van der Waals surface area contributed by atoms with Crippen LogP contribution in [-0.4, -0.2) is 47.9 Å². The Bertz CT molecular complexity index is 938. The van der Waals surface area contributed by atoms with E-state index in [1.165, 1.54) is 37.8 Å². The van der Waals surface area contributed by atoms with E-state index < -0.39 is 0 Å². The molecule has 162 valence electrons. The number of rotatable bonds is 4. The molecule has 2 aromatic rings. The van der Waals surface area contributed by atoms with E-state index >= 15 is 0 Å². The van der Waals surface area contributed by atoms with Gasteiger partial charge in [0.05, 0.1) is 0 Å². The number of hydrogen-bond acceptors (Lipinski definition) is 2. The summed E-state index contributed by atoms with van der Waals surface area (Å²) in [6.45, 7) is 3.47. The van der Waals surface area contributed by atoms with Gasteiger partial charge in [0.25, 0.3) is 5.91 Å². The average Bonchev–Trinajstić information content (AvgIpc) is 2.96. The lowest BCUT2D eigenvalue weighted by atomic mass is 9.84. The summed E-state index contributed by atoms with van der Waals surface area (Å²) >= 11 is 0. The van der Waals surface area contributed by atoms with Gasteiger partial charge in [-0.25, -0.2) is 9.18 Å². The third-order valence-corrected chi connectivity index (χ3v) is 7.02. The topological polar surface area (TPSA) is 43.9 Å². The van der Waals surface area contributed by atoms with Crippen LogP contribution in [0.5, 0.6) is 0 Å². The molecule has 0 aromatic heterocycles. The van der Waals surface area contributed by atoms with Crippen molar-refractivity contribution >= 4 is 17.6 Å². The standard InChI is InChI=1S/C25H28FN3O2/c26-22-9-11-23(12-10-22)29-14-13-27(25(29)31)15-20-5-7-21(8-6-20)24(30)28-16-18-1-2-19(17-28)4-3-18/h5-12,18-19H,1-4,13-17H2. The van der Waals surface area contributed by atoms with Crippen LogP contribution in [0.15, 0.2) is 48.5 Å². The van der Waals surface area contributed by atoms with Gasteiger partial charge in [-0.15, -0.1) is 0 Å². The summed E-state index contributed by atoms with van der Waals surface area (Å²) in [7, 11) is 0. The highest BCUT2D eigenvalue weighted by molar-refractivity contribution is 5.95. The number of fused-ring (bicyclic) bond motifs is 4. The molecule has 3 amide bonds. The van der Waals surface area contributed by atoms with Gasteiger partial charge in [-0.1, -0.05) is 12.1 Å². The molecular weight excluding hydrogens is 393 g/mol. The van der Waals surface area contributed by atoms with Gasteiger partial charge < -0.3 is 9.80 Å². The van der Waals surface area contributed by atoms with Gasteiger partial charge in [-0.2, -0.15) is 0 Å². The molecule has 0 N–H and O–H groups in total. The molecule has 4 fully saturated rings. The first-order valence-electron chi connectivity index (χ1n) is 11.3.